The number of guanidine groups is 1. The lowest BCUT2D eigenvalue weighted by Gasteiger charge is -2.43. The van der Waals surface area contributed by atoms with E-state index in [1.165, 1.54) is 11.3 Å². The van der Waals surface area contributed by atoms with Crippen LogP contribution >= 0.6 is 24.0 Å². The Labute approximate surface area is 188 Å². The molecule has 7 heteroatoms. The van der Waals surface area contributed by atoms with Gasteiger partial charge in [-0.05, 0) is 58.5 Å². The molecule has 0 bridgehead atoms. The molecule has 2 N–H and O–H groups in total. The molecule has 0 unspecified atom stereocenters. The van der Waals surface area contributed by atoms with Gasteiger partial charge in [0.05, 0.1) is 0 Å². The van der Waals surface area contributed by atoms with Crippen LogP contribution in [0.25, 0.3) is 0 Å². The summed E-state index contributed by atoms with van der Waals surface area (Å²) in [6, 6.07) is 8.67. The van der Waals surface area contributed by atoms with Crippen LogP contribution in [0.15, 0.2) is 29.3 Å². The molecule has 1 aliphatic heterocycles. The molecule has 0 atom stereocenters. The van der Waals surface area contributed by atoms with Gasteiger partial charge < -0.3 is 25.2 Å². The van der Waals surface area contributed by atoms with Gasteiger partial charge in [-0.3, -0.25) is 4.99 Å². The maximum Gasteiger partial charge on any atom is 0.191 e. The van der Waals surface area contributed by atoms with E-state index in [0.29, 0.717) is 0 Å². The smallest absolute Gasteiger partial charge is 0.191 e. The highest BCUT2D eigenvalue weighted by atomic mass is 127. The number of nitrogens with zero attached hydrogens (tertiary/aromatic N) is 3. The average molecular weight is 503 g/mol. The molecule has 1 fully saturated rings. The van der Waals surface area contributed by atoms with Crippen molar-refractivity contribution >= 4 is 35.6 Å². The number of aryl methyl sites for hydroxylation is 1. The first-order chi connectivity index (χ1) is 13.0. The zero-order valence-corrected chi connectivity index (χ0v) is 20.5. The van der Waals surface area contributed by atoms with Gasteiger partial charge in [0, 0.05) is 57.7 Å². The van der Waals surface area contributed by atoms with Crippen LogP contribution in [0.4, 0.5) is 5.69 Å². The van der Waals surface area contributed by atoms with Crippen molar-refractivity contribution in [2.24, 2.45) is 4.99 Å². The summed E-state index contributed by atoms with van der Waals surface area (Å²) in [5.41, 5.74) is 2.70. The van der Waals surface area contributed by atoms with E-state index in [-0.39, 0.29) is 29.5 Å². The molecule has 1 aromatic carbocycles. The van der Waals surface area contributed by atoms with Crippen LogP contribution in [0.1, 0.15) is 25.3 Å². The number of aliphatic imine (C=N–C) groups is 1. The molecule has 0 aliphatic carbocycles. The summed E-state index contributed by atoms with van der Waals surface area (Å²) >= 11 is 0. The van der Waals surface area contributed by atoms with E-state index in [2.05, 4.69) is 77.6 Å². The number of hydrogen-bond donors (Lipinski definition) is 2. The predicted octanol–water partition coefficient (Wildman–Crippen LogP) is 2.72. The fraction of sp³-hybridized carbons (Fsp3) is 0.667. The number of nitrogens with one attached hydrogen (secondary N) is 2. The van der Waals surface area contributed by atoms with Gasteiger partial charge in [0.2, 0.25) is 0 Å². The molecule has 0 radical (unpaired) electrons. The number of likely N-dealkylation sites (N-methyl/N-ethyl adjacent to an activating group) is 2. The Kier molecular flexibility index (Phi) is 11.1. The maximum atomic E-state index is 5.56. The Bertz CT molecular complexity index is 602. The van der Waals surface area contributed by atoms with E-state index >= 15 is 0 Å². The Balaban J connectivity index is 0.00000392. The van der Waals surface area contributed by atoms with Crippen molar-refractivity contribution in [3.63, 3.8) is 0 Å². The minimum atomic E-state index is 0. The number of halogens is 1. The van der Waals surface area contributed by atoms with Gasteiger partial charge in [-0.2, -0.15) is 0 Å². The summed E-state index contributed by atoms with van der Waals surface area (Å²) < 4.78 is 5.56. The number of rotatable bonds is 8. The maximum absolute atomic E-state index is 5.56. The lowest BCUT2D eigenvalue weighted by Crippen LogP contribution is -2.57. The molecule has 0 saturated carbocycles. The zero-order chi connectivity index (χ0) is 19.7. The van der Waals surface area contributed by atoms with Crippen molar-refractivity contribution in [1.82, 2.24) is 15.5 Å². The highest BCUT2D eigenvalue weighted by molar-refractivity contribution is 14.0. The molecule has 1 saturated heterocycles. The summed E-state index contributed by atoms with van der Waals surface area (Å²) in [7, 11) is 6.15. The fourth-order valence-corrected chi connectivity index (χ4v) is 3.61. The van der Waals surface area contributed by atoms with E-state index in [9.17, 15) is 0 Å². The van der Waals surface area contributed by atoms with Gasteiger partial charge >= 0.3 is 0 Å². The third-order valence-electron chi connectivity index (χ3n) is 5.60. The summed E-state index contributed by atoms with van der Waals surface area (Å²) in [6.45, 7) is 9.63. The molecule has 160 valence electrons. The minimum absolute atomic E-state index is 0. The van der Waals surface area contributed by atoms with E-state index in [1.54, 1.807) is 0 Å². The highest BCUT2D eigenvalue weighted by Crippen LogP contribution is 2.25. The lowest BCUT2D eigenvalue weighted by atomic mass is 9.88. The van der Waals surface area contributed by atoms with Crippen molar-refractivity contribution in [2.75, 3.05) is 65.4 Å². The van der Waals surface area contributed by atoms with Crippen LogP contribution in [0.5, 0.6) is 0 Å². The number of benzene rings is 1. The lowest BCUT2D eigenvalue weighted by molar-refractivity contribution is -0.00500. The quantitative estimate of drug-likeness (QED) is 0.325. The summed E-state index contributed by atoms with van der Waals surface area (Å²) in [4.78, 5) is 9.11. The van der Waals surface area contributed by atoms with E-state index < -0.39 is 0 Å². The summed E-state index contributed by atoms with van der Waals surface area (Å²) in [6.07, 6.45) is 2.09. The number of ether oxygens (including phenoxy) is 1. The minimum Gasteiger partial charge on any atom is -0.381 e. The van der Waals surface area contributed by atoms with Crippen molar-refractivity contribution in [2.45, 2.75) is 32.2 Å². The summed E-state index contributed by atoms with van der Waals surface area (Å²) in [5, 5.41) is 6.99. The topological polar surface area (TPSA) is 52.1 Å². The third kappa shape index (κ3) is 7.08. The van der Waals surface area contributed by atoms with Gasteiger partial charge in [0.25, 0.3) is 0 Å². The first-order valence-electron chi connectivity index (χ1n) is 10.0. The Morgan fingerprint density at radius 3 is 2.50 bits per heavy atom. The van der Waals surface area contributed by atoms with Gasteiger partial charge in [-0.25, -0.2) is 0 Å². The van der Waals surface area contributed by atoms with Crippen LogP contribution in [0.2, 0.25) is 0 Å². The Morgan fingerprint density at radius 2 is 1.93 bits per heavy atom. The van der Waals surface area contributed by atoms with Crippen molar-refractivity contribution in [3.8, 4) is 0 Å². The average Bonchev–Trinajstić information content (AvgIpc) is 2.68. The van der Waals surface area contributed by atoms with Gasteiger partial charge in [0.15, 0.2) is 5.96 Å². The van der Waals surface area contributed by atoms with Gasteiger partial charge in [-0.1, -0.05) is 12.1 Å². The Hall–Kier alpha value is -1.06. The second kappa shape index (κ2) is 12.5. The standard InChI is InChI=1S/C21H37N5O.HI/c1-6-26(19-9-7-8-18(2)16-19)13-12-23-20(22-3)24-17-21(25(4)5)10-14-27-15-11-21;/h7-9,16H,6,10-15,17H2,1-5H3,(H2,22,23,24);1H. The van der Waals surface area contributed by atoms with Crippen LogP contribution in [-0.4, -0.2) is 76.9 Å². The first-order valence-corrected chi connectivity index (χ1v) is 10.0. The number of anilines is 1. The molecule has 1 aromatic rings. The number of hydrogen-bond acceptors (Lipinski definition) is 4. The summed E-state index contributed by atoms with van der Waals surface area (Å²) in [5.74, 6) is 0.864. The third-order valence-corrected chi connectivity index (χ3v) is 5.60. The van der Waals surface area contributed by atoms with E-state index in [0.717, 1.165) is 58.2 Å². The fourth-order valence-electron chi connectivity index (χ4n) is 3.61. The normalized spacial score (nSPS) is 16.4. The zero-order valence-electron chi connectivity index (χ0n) is 18.1. The van der Waals surface area contributed by atoms with E-state index in [1.807, 2.05) is 7.05 Å². The molecule has 6 nitrogen and oxygen atoms in total. The van der Waals surface area contributed by atoms with Crippen LogP contribution in [-0.2, 0) is 4.74 Å². The van der Waals surface area contributed by atoms with Crippen LogP contribution < -0.4 is 15.5 Å². The molecular formula is C21H38IN5O. The SMILES string of the molecule is CCN(CCNC(=NC)NCC1(N(C)C)CCOCC1)c1cccc(C)c1.I. The van der Waals surface area contributed by atoms with Crippen LogP contribution in [0, 0.1) is 6.92 Å². The molecule has 0 amide bonds. The molecule has 0 spiro atoms. The van der Waals surface area contributed by atoms with Crippen molar-refractivity contribution in [3.05, 3.63) is 29.8 Å². The van der Waals surface area contributed by atoms with Crippen molar-refractivity contribution < 1.29 is 4.74 Å². The van der Waals surface area contributed by atoms with Gasteiger partial charge in [-0.15, -0.1) is 24.0 Å². The van der Waals surface area contributed by atoms with E-state index in [4.69, 9.17) is 4.74 Å². The molecule has 1 aliphatic rings. The molecular weight excluding hydrogens is 465 g/mol. The highest BCUT2D eigenvalue weighted by Gasteiger charge is 2.34. The monoisotopic (exact) mass is 503 g/mol. The largest absolute Gasteiger partial charge is 0.381 e. The van der Waals surface area contributed by atoms with Gasteiger partial charge in [0.1, 0.15) is 0 Å². The molecule has 28 heavy (non-hydrogen) atoms. The second-order valence-electron chi connectivity index (χ2n) is 7.50. The predicted molar refractivity (Wildman–Crippen MR) is 130 cm³/mol. The molecule has 1 heterocycles. The van der Waals surface area contributed by atoms with Crippen molar-refractivity contribution in [1.29, 1.82) is 0 Å². The second-order valence-corrected chi connectivity index (χ2v) is 7.50. The van der Waals surface area contributed by atoms with Crippen LogP contribution in [0.3, 0.4) is 0 Å². The molecule has 2 rings (SSSR count). The molecule has 0 aromatic heterocycles. The Morgan fingerprint density at radius 1 is 1.21 bits per heavy atom. The first kappa shape index (κ1) is 25.0.